The lowest BCUT2D eigenvalue weighted by Crippen LogP contribution is -2.33. The molecular formula is C12H16N2O3. The number of methoxy groups -OCH3 is 1. The van der Waals surface area contributed by atoms with Crippen molar-refractivity contribution in [1.82, 2.24) is 9.97 Å². The monoisotopic (exact) mass is 236 g/mol. The maximum atomic E-state index is 10.7. The lowest BCUT2D eigenvalue weighted by Gasteiger charge is -2.34. The van der Waals surface area contributed by atoms with Gasteiger partial charge >= 0.3 is 5.97 Å². The molecule has 1 N–H and O–H groups in total. The first-order chi connectivity index (χ1) is 8.18. The van der Waals surface area contributed by atoms with Gasteiger partial charge in [-0.3, -0.25) is 0 Å². The van der Waals surface area contributed by atoms with Gasteiger partial charge in [0.2, 0.25) is 0 Å². The third-order valence-electron chi connectivity index (χ3n) is 3.36. The molecule has 1 aliphatic rings. The molecule has 92 valence electrons. The van der Waals surface area contributed by atoms with E-state index in [-0.39, 0.29) is 5.56 Å². The van der Waals surface area contributed by atoms with Crippen LogP contribution in [-0.2, 0) is 10.3 Å². The van der Waals surface area contributed by atoms with Gasteiger partial charge in [-0.15, -0.1) is 0 Å². The number of aromatic carboxylic acids is 1. The van der Waals surface area contributed by atoms with Crippen LogP contribution in [0.5, 0.6) is 0 Å². The maximum absolute atomic E-state index is 10.7. The second-order valence-electron chi connectivity index (χ2n) is 4.36. The number of rotatable bonds is 3. The summed E-state index contributed by atoms with van der Waals surface area (Å²) in [6, 6.07) is 0. The fourth-order valence-electron chi connectivity index (χ4n) is 2.32. The van der Waals surface area contributed by atoms with Crippen molar-refractivity contribution in [3.63, 3.8) is 0 Å². The van der Waals surface area contributed by atoms with Crippen LogP contribution >= 0.6 is 0 Å². The molecule has 1 aromatic heterocycles. The molecule has 0 aliphatic heterocycles. The molecule has 1 aromatic rings. The normalized spacial score (nSPS) is 18.9. The Morgan fingerprint density at radius 1 is 1.29 bits per heavy atom. The van der Waals surface area contributed by atoms with E-state index in [0.29, 0.717) is 5.82 Å². The number of hydrogen-bond donors (Lipinski definition) is 1. The lowest BCUT2D eigenvalue weighted by molar-refractivity contribution is -0.0515. The summed E-state index contributed by atoms with van der Waals surface area (Å²) in [5, 5.41) is 8.80. The summed E-state index contributed by atoms with van der Waals surface area (Å²) in [6.45, 7) is 0. The van der Waals surface area contributed by atoms with Crippen molar-refractivity contribution >= 4 is 5.97 Å². The summed E-state index contributed by atoms with van der Waals surface area (Å²) < 4.78 is 5.59. The van der Waals surface area contributed by atoms with Gasteiger partial charge in [0, 0.05) is 19.5 Å². The molecule has 0 spiro atoms. The third kappa shape index (κ3) is 2.29. The van der Waals surface area contributed by atoms with Crippen LogP contribution in [0.4, 0.5) is 0 Å². The average molecular weight is 236 g/mol. The van der Waals surface area contributed by atoms with Gasteiger partial charge < -0.3 is 9.84 Å². The molecule has 0 amide bonds. The fraction of sp³-hybridized carbons (Fsp3) is 0.583. The van der Waals surface area contributed by atoms with E-state index in [1.165, 1.54) is 18.8 Å². The standard InChI is InChI=1S/C12H16N2O3/c1-17-12(5-3-2-4-6-12)11-13-7-9(8-14-11)10(15)16/h7-8H,2-6H2,1H3,(H,15,16). The van der Waals surface area contributed by atoms with E-state index in [4.69, 9.17) is 9.84 Å². The van der Waals surface area contributed by atoms with Crippen molar-refractivity contribution in [2.45, 2.75) is 37.7 Å². The fourth-order valence-corrected chi connectivity index (χ4v) is 2.32. The quantitative estimate of drug-likeness (QED) is 0.868. The first-order valence-corrected chi connectivity index (χ1v) is 5.79. The minimum absolute atomic E-state index is 0.107. The number of carboxylic acid groups (broad SMARTS) is 1. The van der Waals surface area contributed by atoms with Crippen molar-refractivity contribution in [3.8, 4) is 0 Å². The molecule has 0 aromatic carbocycles. The second-order valence-corrected chi connectivity index (χ2v) is 4.36. The van der Waals surface area contributed by atoms with Gasteiger partial charge in [0.25, 0.3) is 0 Å². The molecule has 0 radical (unpaired) electrons. The number of hydrogen-bond acceptors (Lipinski definition) is 4. The Kier molecular flexibility index (Phi) is 3.38. The predicted molar refractivity (Wildman–Crippen MR) is 60.8 cm³/mol. The van der Waals surface area contributed by atoms with E-state index < -0.39 is 11.6 Å². The van der Waals surface area contributed by atoms with Crippen molar-refractivity contribution < 1.29 is 14.6 Å². The van der Waals surface area contributed by atoms with Crippen LogP contribution in [0, 0.1) is 0 Å². The van der Waals surface area contributed by atoms with Crippen LogP contribution in [0.3, 0.4) is 0 Å². The Morgan fingerprint density at radius 2 is 1.88 bits per heavy atom. The minimum Gasteiger partial charge on any atom is -0.478 e. The molecule has 0 unspecified atom stereocenters. The van der Waals surface area contributed by atoms with E-state index in [2.05, 4.69) is 9.97 Å². The van der Waals surface area contributed by atoms with E-state index in [9.17, 15) is 4.79 Å². The molecule has 0 saturated heterocycles. The molecule has 5 nitrogen and oxygen atoms in total. The molecule has 0 bridgehead atoms. The molecule has 1 fully saturated rings. The van der Waals surface area contributed by atoms with Crippen LogP contribution in [0.25, 0.3) is 0 Å². The highest BCUT2D eigenvalue weighted by molar-refractivity contribution is 5.86. The van der Waals surface area contributed by atoms with E-state index in [1.807, 2.05) is 0 Å². The highest BCUT2D eigenvalue weighted by atomic mass is 16.5. The van der Waals surface area contributed by atoms with Crippen LogP contribution in [0.15, 0.2) is 12.4 Å². The summed E-state index contributed by atoms with van der Waals surface area (Å²) >= 11 is 0. The van der Waals surface area contributed by atoms with Crippen LogP contribution in [0.2, 0.25) is 0 Å². The largest absolute Gasteiger partial charge is 0.478 e. The first-order valence-electron chi connectivity index (χ1n) is 5.79. The van der Waals surface area contributed by atoms with Crippen LogP contribution in [-0.4, -0.2) is 28.2 Å². The number of ether oxygens (including phenoxy) is 1. The number of carboxylic acids is 1. The van der Waals surface area contributed by atoms with Crippen molar-refractivity contribution in [2.24, 2.45) is 0 Å². The van der Waals surface area contributed by atoms with Crippen LogP contribution < -0.4 is 0 Å². The van der Waals surface area contributed by atoms with Gasteiger partial charge in [-0.25, -0.2) is 14.8 Å². The summed E-state index contributed by atoms with van der Waals surface area (Å²) in [6.07, 6.45) is 7.89. The zero-order valence-corrected chi connectivity index (χ0v) is 9.85. The molecular weight excluding hydrogens is 220 g/mol. The predicted octanol–water partition coefficient (Wildman–Crippen LogP) is 1.98. The highest BCUT2D eigenvalue weighted by Crippen LogP contribution is 2.37. The molecule has 2 rings (SSSR count). The zero-order valence-electron chi connectivity index (χ0n) is 9.85. The van der Waals surface area contributed by atoms with Gasteiger partial charge in [0.1, 0.15) is 5.60 Å². The summed E-state index contributed by atoms with van der Waals surface area (Å²) in [5.41, 5.74) is -0.314. The second kappa shape index (κ2) is 4.79. The van der Waals surface area contributed by atoms with E-state index in [0.717, 1.165) is 25.7 Å². The molecule has 0 atom stereocenters. The van der Waals surface area contributed by atoms with E-state index >= 15 is 0 Å². The Balaban J connectivity index is 2.27. The number of carbonyl (C=O) groups is 1. The zero-order chi connectivity index (χ0) is 12.3. The number of nitrogens with zero attached hydrogens (tertiary/aromatic N) is 2. The van der Waals surface area contributed by atoms with Crippen molar-refractivity contribution in [1.29, 1.82) is 0 Å². The van der Waals surface area contributed by atoms with Crippen molar-refractivity contribution in [2.75, 3.05) is 7.11 Å². The maximum Gasteiger partial charge on any atom is 0.338 e. The molecule has 17 heavy (non-hydrogen) atoms. The number of aromatic nitrogens is 2. The van der Waals surface area contributed by atoms with Gasteiger partial charge in [-0.05, 0) is 12.8 Å². The molecule has 1 saturated carbocycles. The summed E-state index contributed by atoms with van der Waals surface area (Å²) in [7, 11) is 1.67. The Morgan fingerprint density at radius 3 is 2.35 bits per heavy atom. The van der Waals surface area contributed by atoms with Gasteiger partial charge in [-0.1, -0.05) is 19.3 Å². The Hall–Kier alpha value is -1.49. The molecule has 1 aliphatic carbocycles. The average Bonchev–Trinajstić information content (AvgIpc) is 2.39. The van der Waals surface area contributed by atoms with Gasteiger partial charge in [0.05, 0.1) is 5.56 Å². The van der Waals surface area contributed by atoms with Crippen molar-refractivity contribution in [3.05, 3.63) is 23.8 Å². The van der Waals surface area contributed by atoms with E-state index in [1.54, 1.807) is 7.11 Å². The SMILES string of the molecule is COC1(c2ncc(C(=O)O)cn2)CCCCC1. The highest BCUT2D eigenvalue weighted by Gasteiger charge is 2.36. The smallest absolute Gasteiger partial charge is 0.338 e. The molecule has 1 heterocycles. The third-order valence-corrected chi connectivity index (χ3v) is 3.36. The Labute approximate surface area is 99.9 Å². The molecule has 5 heteroatoms. The summed E-state index contributed by atoms with van der Waals surface area (Å²) in [4.78, 5) is 19.0. The summed E-state index contributed by atoms with van der Waals surface area (Å²) in [5.74, 6) is -0.406. The first kappa shape index (κ1) is 12.0. The van der Waals surface area contributed by atoms with Crippen LogP contribution in [0.1, 0.15) is 48.3 Å². The van der Waals surface area contributed by atoms with Gasteiger partial charge in [0.15, 0.2) is 5.82 Å². The van der Waals surface area contributed by atoms with Gasteiger partial charge in [-0.2, -0.15) is 0 Å². The minimum atomic E-state index is -1.01. The lowest BCUT2D eigenvalue weighted by atomic mass is 9.84. The Bertz CT molecular complexity index is 397. The topological polar surface area (TPSA) is 72.3 Å².